The fourth-order valence-corrected chi connectivity index (χ4v) is 8.80. The Balaban J connectivity index is 1.75. The maximum atomic E-state index is 13.4. The zero-order valence-corrected chi connectivity index (χ0v) is 24.5. The maximum absolute atomic E-state index is 13.4. The Morgan fingerprint density at radius 2 is 1.39 bits per heavy atom. The van der Waals surface area contributed by atoms with Gasteiger partial charge in [0.25, 0.3) is 0 Å². The van der Waals surface area contributed by atoms with E-state index < -0.39 is 14.2 Å². The summed E-state index contributed by atoms with van der Waals surface area (Å²) >= 11 is 0. The SMILES string of the molecule is CC(C)(C)OC(=O)N1CC[C@@H](O[Si@](OCc2ccccc2)(c2ccccc2)C(C)(C)C)[C@H]1c1ccccc1. The molecule has 4 rings (SSSR count). The standard InChI is InChI=1S/C32H41NO4Si/c1-31(2,3)36-30(34)33-23-22-28(29(33)26-18-12-8-13-19-26)37-38(32(4,5)6,27-20-14-9-15-21-27)35-24-25-16-10-7-11-17-25/h7-21,28-29H,22-24H2,1-6H3/t28-,29-,38-/m1/s1. The number of hydrogen-bond donors (Lipinski definition) is 0. The zero-order valence-electron chi connectivity index (χ0n) is 23.5. The lowest BCUT2D eigenvalue weighted by molar-refractivity contribution is 0.0129. The van der Waals surface area contributed by atoms with Crippen LogP contribution in [-0.4, -0.2) is 37.8 Å². The Labute approximate surface area is 229 Å². The van der Waals surface area contributed by atoms with Crippen LogP contribution in [-0.2, 0) is 20.2 Å². The lowest BCUT2D eigenvalue weighted by Gasteiger charge is -2.44. The van der Waals surface area contributed by atoms with Crippen LogP contribution in [0.3, 0.4) is 0 Å². The highest BCUT2D eigenvalue weighted by Gasteiger charge is 2.55. The summed E-state index contributed by atoms with van der Waals surface area (Å²) in [5.74, 6) is 0. The first-order valence-electron chi connectivity index (χ1n) is 13.5. The van der Waals surface area contributed by atoms with Crippen LogP contribution in [0.25, 0.3) is 0 Å². The van der Waals surface area contributed by atoms with E-state index in [1.165, 1.54) is 0 Å². The predicted molar refractivity (Wildman–Crippen MR) is 154 cm³/mol. The molecule has 1 aliphatic heterocycles. The van der Waals surface area contributed by atoms with Gasteiger partial charge < -0.3 is 13.6 Å². The van der Waals surface area contributed by atoms with Crippen LogP contribution in [0, 0.1) is 0 Å². The summed E-state index contributed by atoms with van der Waals surface area (Å²) in [6, 6.07) is 30.5. The lowest BCUT2D eigenvalue weighted by Crippen LogP contribution is -2.62. The van der Waals surface area contributed by atoms with Gasteiger partial charge in [-0.3, -0.25) is 4.90 Å². The van der Waals surface area contributed by atoms with Gasteiger partial charge in [0, 0.05) is 11.6 Å². The monoisotopic (exact) mass is 531 g/mol. The van der Waals surface area contributed by atoms with Gasteiger partial charge in [-0.15, -0.1) is 0 Å². The summed E-state index contributed by atoms with van der Waals surface area (Å²) in [4.78, 5) is 15.2. The Hall–Kier alpha value is -2.93. The molecular formula is C32H41NO4Si. The molecule has 3 atom stereocenters. The van der Waals surface area contributed by atoms with Crippen LogP contribution >= 0.6 is 0 Å². The summed E-state index contributed by atoms with van der Waals surface area (Å²) in [7, 11) is -3.09. The molecule has 0 bridgehead atoms. The van der Waals surface area contributed by atoms with E-state index in [1.54, 1.807) is 0 Å². The van der Waals surface area contributed by atoms with Gasteiger partial charge >= 0.3 is 14.7 Å². The zero-order chi connectivity index (χ0) is 27.4. The molecule has 1 fully saturated rings. The molecule has 1 heterocycles. The topological polar surface area (TPSA) is 48.0 Å². The fourth-order valence-electron chi connectivity index (χ4n) is 5.10. The minimum Gasteiger partial charge on any atom is -0.444 e. The first-order valence-corrected chi connectivity index (χ1v) is 15.3. The van der Waals surface area contributed by atoms with Crippen molar-refractivity contribution in [3.8, 4) is 0 Å². The molecule has 38 heavy (non-hydrogen) atoms. The summed E-state index contributed by atoms with van der Waals surface area (Å²) in [5.41, 5.74) is 1.56. The molecule has 202 valence electrons. The van der Waals surface area contributed by atoms with Gasteiger partial charge in [-0.1, -0.05) is 112 Å². The number of amides is 1. The molecule has 0 spiro atoms. The second-order valence-electron chi connectivity index (χ2n) is 12.0. The van der Waals surface area contributed by atoms with E-state index >= 15 is 0 Å². The third-order valence-corrected chi connectivity index (χ3v) is 11.1. The van der Waals surface area contributed by atoms with E-state index in [1.807, 2.05) is 80.3 Å². The van der Waals surface area contributed by atoms with Crippen molar-refractivity contribution >= 4 is 19.8 Å². The summed E-state index contributed by atoms with van der Waals surface area (Å²) in [6.45, 7) is 13.3. The van der Waals surface area contributed by atoms with Crippen molar-refractivity contribution in [2.24, 2.45) is 0 Å². The molecule has 1 aliphatic rings. The molecule has 0 saturated carbocycles. The first kappa shape index (κ1) is 28.1. The highest BCUT2D eigenvalue weighted by atomic mass is 28.4. The van der Waals surface area contributed by atoms with Gasteiger partial charge in [0.15, 0.2) is 0 Å². The van der Waals surface area contributed by atoms with Crippen LogP contribution in [0.5, 0.6) is 0 Å². The molecule has 3 aromatic rings. The summed E-state index contributed by atoms with van der Waals surface area (Å²) in [6.07, 6.45) is 0.141. The van der Waals surface area contributed by atoms with Crippen molar-refractivity contribution in [1.29, 1.82) is 0 Å². The largest absolute Gasteiger partial charge is 0.444 e. The summed E-state index contributed by atoms with van der Waals surface area (Å²) in [5, 5.41) is 0.801. The number of nitrogens with zero attached hydrogens (tertiary/aromatic N) is 1. The number of hydrogen-bond acceptors (Lipinski definition) is 4. The van der Waals surface area contributed by atoms with Gasteiger partial charge in [-0.05, 0) is 43.5 Å². The van der Waals surface area contributed by atoms with Crippen molar-refractivity contribution < 1.29 is 18.4 Å². The fraction of sp³-hybridized carbons (Fsp3) is 0.406. The average Bonchev–Trinajstić information content (AvgIpc) is 3.30. The van der Waals surface area contributed by atoms with Crippen LogP contribution in [0.4, 0.5) is 4.79 Å². The van der Waals surface area contributed by atoms with Crippen LogP contribution in [0.15, 0.2) is 91.0 Å². The van der Waals surface area contributed by atoms with E-state index in [4.69, 9.17) is 13.6 Å². The maximum Gasteiger partial charge on any atom is 0.410 e. The molecule has 0 aliphatic carbocycles. The molecule has 3 aromatic carbocycles. The number of rotatable bonds is 7. The van der Waals surface area contributed by atoms with Crippen LogP contribution in [0.1, 0.15) is 65.1 Å². The first-order chi connectivity index (χ1) is 18.0. The lowest BCUT2D eigenvalue weighted by atomic mass is 10.0. The third kappa shape index (κ3) is 6.37. The van der Waals surface area contributed by atoms with E-state index in [2.05, 4.69) is 57.2 Å². The Morgan fingerprint density at radius 3 is 1.95 bits per heavy atom. The molecule has 5 nitrogen and oxygen atoms in total. The molecule has 0 radical (unpaired) electrons. The quantitative estimate of drug-likeness (QED) is 0.305. The van der Waals surface area contributed by atoms with Crippen molar-refractivity contribution in [2.45, 2.75) is 77.4 Å². The highest BCUT2D eigenvalue weighted by molar-refractivity contribution is 6.83. The van der Waals surface area contributed by atoms with E-state index in [0.717, 1.165) is 16.3 Å². The van der Waals surface area contributed by atoms with Crippen LogP contribution in [0.2, 0.25) is 5.04 Å². The Bertz CT molecular complexity index is 1170. The molecule has 0 N–H and O–H groups in total. The second kappa shape index (κ2) is 11.4. The van der Waals surface area contributed by atoms with Gasteiger partial charge in [-0.25, -0.2) is 4.79 Å². The van der Waals surface area contributed by atoms with Gasteiger partial charge in [0.2, 0.25) is 0 Å². The number of benzene rings is 3. The molecule has 1 saturated heterocycles. The van der Waals surface area contributed by atoms with E-state index in [9.17, 15) is 4.79 Å². The normalized spacial score (nSPS) is 19.7. The van der Waals surface area contributed by atoms with Crippen molar-refractivity contribution in [3.05, 3.63) is 102 Å². The highest BCUT2D eigenvalue weighted by Crippen LogP contribution is 2.44. The van der Waals surface area contributed by atoms with Crippen LogP contribution < -0.4 is 5.19 Å². The Kier molecular flexibility index (Phi) is 8.45. The van der Waals surface area contributed by atoms with E-state index in [-0.39, 0.29) is 23.3 Å². The summed E-state index contributed by atoms with van der Waals surface area (Å²) < 4.78 is 20.1. The minimum atomic E-state index is -3.09. The predicted octanol–water partition coefficient (Wildman–Crippen LogP) is 7.12. The molecule has 1 amide bonds. The minimum absolute atomic E-state index is 0.244. The number of carbonyl (C=O) groups excluding carboxylic acids is 1. The molecule has 0 aromatic heterocycles. The van der Waals surface area contributed by atoms with Crippen molar-refractivity contribution in [2.75, 3.05) is 6.54 Å². The molecular weight excluding hydrogens is 490 g/mol. The number of carbonyl (C=O) groups is 1. The van der Waals surface area contributed by atoms with Crippen molar-refractivity contribution in [1.82, 2.24) is 4.90 Å². The van der Waals surface area contributed by atoms with Gasteiger partial charge in [0.05, 0.1) is 18.8 Å². The molecule has 0 unspecified atom stereocenters. The molecule has 6 heteroatoms. The van der Waals surface area contributed by atoms with Gasteiger partial charge in [-0.2, -0.15) is 0 Å². The average molecular weight is 532 g/mol. The Morgan fingerprint density at radius 1 is 0.842 bits per heavy atom. The number of likely N-dealkylation sites (tertiary alicyclic amines) is 1. The second-order valence-corrected chi connectivity index (χ2v) is 15.8. The van der Waals surface area contributed by atoms with E-state index in [0.29, 0.717) is 19.6 Å². The van der Waals surface area contributed by atoms with Crippen molar-refractivity contribution in [3.63, 3.8) is 0 Å². The smallest absolute Gasteiger partial charge is 0.410 e. The third-order valence-electron chi connectivity index (χ3n) is 6.86. The van der Waals surface area contributed by atoms with Gasteiger partial charge in [0.1, 0.15) is 5.60 Å². The number of ether oxygens (including phenoxy) is 1.